The minimum absolute atomic E-state index is 0.161. The summed E-state index contributed by atoms with van der Waals surface area (Å²) in [6.07, 6.45) is 1.52. The van der Waals surface area contributed by atoms with Crippen molar-refractivity contribution in [3.8, 4) is 0 Å². The Morgan fingerprint density at radius 3 is 2.00 bits per heavy atom. The molecule has 0 saturated heterocycles. The van der Waals surface area contributed by atoms with Crippen molar-refractivity contribution in [1.29, 1.82) is 0 Å². The number of carbonyl (C=O) groups excluding carboxylic acids is 2. The van der Waals surface area contributed by atoms with Crippen LogP contribution in [0.3, 0.4) is 0 Å². The molecule has 0 spiro atoms. The molecule has 0 aromatic heterocycles. The van der Waals surface area contributed by atoms with E-state index < -0.39 is 34.9 Å². The summed E-state index contributed by atoms with van der Waals surface area (Å²) in [6.45, 7) is 12.9. The summed E-state index contributed by atoms with van der Waals surface area (Å²) in [4.78, 5) is 39.4. The molecule has 178 valence electrons. The van der Waals surface area contributed by atoms with E-state index in [0.717, 1.165) is 5.56 Å². The number of carboxylic acid groups (broad SMARTS) is 1. The van der Waals surface area contributed by atoms with Crippen LogP contribution in [0.4, 0.5) is 0 Å². The molecule has 7 heteroatoms. The Labute approximate surface area is 192 Å². The molecule has 0 bridgehead atoms. The van der Waals surface area contributed by atoms with Gasteiger partial charge in [-0.1, -0.05) is 71.0 Å². The SMILES string of the molecule is CNC(C(=O)NC(C(=O)N(C)[C@@H](C)/C=C(\C)C(=O)O)C(C)(C)C)C(C)(C)c1ccccc1. The van der Waals surface area contributed by atoms with E-state index in [0.29, 0.717) is 0 Å². The third kappa shape index (κ3) is 6.66. The van der Waals surface area contributed by atoms with Crippen LogP contribution >= 0.6 is 0 Å². The van der Waals surface area contributed by atoms with Gasteiger partial charge in [0.05, 0.1) is 6.04 Å². The van der Waals surface area contributed by atoms with E-state index in [1.54, 1.807) is 21.0 Å². The molecule has 0 saturated carbocycles. The number of nitrogens with zero attached hydrogens (tertiary/aromatic N) is 1. The fourth-order valence-electron chi connectivity index (χ4n) is 3.68. The Balaban J connectivity index is 3.18. The van der Waals surface area contributed by atoms with Crippen molar-refractivity contribution < 1.29 is 19.5 Å². The molecule has 1 aromatic carbocycles. The Morgan fingerprint density at radius 2 is 1.56 bits per heavy atom. The molecule has 0 fully saturated rings. The first-order valence-corrected chi connectivity index (χ1v) is 10.9. The monoisotopic (exact) mass is 445 g/mol. The minimum atomic E-state index is -1.03. The van der Waals surface area contributed by atoms with Crippen LogP contribution < -0.4 is 10.6 Å². The maximum atomic E-state index is 13.4. The summed E-state index contributed by atoms with van der Waals surface area (Å²) in [6, 6.07) is 7.97. The van der Waals surface area contributed by atoms with Crippen LogP contribution in [0.15, 0.2) is 42.0 Å². The molecule has 0 aliphatic carbocycles. The van der Waals surface area contributed by atoms with E-state index in [-0.39, 0.29) is 17.4 Å². The number of likely N-dealkylation sites (N-methyl/N-ethyl adjacent to an activating group) is 2. The van der Waals surface area contributed by atoms with Gasteiger partial charge in [0.1, 0.15) is 6.04 Å². The molecular weight excluding hydrogens is 406 g/mol. The van der Waals surface area contributed by atoms with Gasteiger partial charge in [0.15, 0.2) is 0 Å². The summed E-state index contributed by atoms with van der Waals surface area (Å²) in [5.74, 6) is -1.58. The standard InChI is InChI=1S/C25H39N3O4/c1-16(23(31)32)15-17(2)28(9)22(30)20(24(3,4)5)27-21(29)19(26-8)25(6,7)18-13-11-10-12-14-18/h10-15,17,19-20,26H,1-9H3,(H,27,29)(H,31,32)/b16-15+/t17-,19?,20?/m0/s1. The molecule has 1 aromatic rings. The number of carbonyl (C=O) groups is 3. The average Bonchev–Trinajstić information content (AvgIpc) is 2.70. The molecule has 0 heterocycles. The van der Waals surface area contributed by atoms with Crippen LogP contribution in [0.5, 0.6) is 0 Å². The zero-order valence-electron chi connectivity index (χ0n) is 20.8. The van der Waals surface area contributed by atoms with Crippen molar-refractivity contribution in [2.75, 3.05) is 14.1 Å². The van der Waals surface area contributed by atoms with Gasteiger partial charge < -0.3 is 20.6 Å². The lowest BCUT2D eigenvalue weighted by Crippen LogP contribution is -2.61. The highest BCUT2D eigenvalue weighted by molar-refractivity contribution is 5.91. The van der Waals surface area contributed by atoms with E-state index >= 15 is 0 Å². The van der Waals surface area contributed by atoms with Crippen molar-refractivity contribution in [2.24, 2.45) is 5.41 Å². The van der Waals surface area contributed by atoms with Crippen LogP contribution in [0.1, 0.15) is 54.0 Å². The number of benzene rings is 1. The molecule has 3 atom stereocenters. The highest BCUT2D eigenvalue weighted by Gasteiger charge is 2.41. The zero-order valence-corrected chi connectivity index (χ0v) is 20.8. The van der Waals surface area contributed by atoms with Gasteiger partial charge in [-0.25, -0.2) is 4.79 Å². The largest absolute Gasteiger partial charge is 0.478 e. The topological polar surface area (TPSA) is 98.7 Å². The maximum Gasteiger partial charge on any atom is 0.331 e. The van der Waals surface area contributed by atoms with Gasteiger partial charge in [0, 0.05) is 24.1 Å². The lowest BCUT2D eigenvalue weighted by Gasteiger charge is -2.38. The zero-order chi connectivity index (χ0) is 24.9. The molecule has 1 rings (SSSR count). The van der Waals surface area contributed by atoms with Gasteiger partial charge >= 0.3 is 5.97 Å². The molecule has 0 radical (unpaired) electrons. The van der Waals surface area contributed by atoms with E-state index in [1.807, 2.05) is 65.0 Å². The van der Waals surface area contributed by atoms with Gasteiger partial charge in [-0.15, -0.1) is 0 Å². The number of hydrogen-bond acceptors (Lipinski definition) is 4. The quantitative estimate of drug-likeness (QED) is 0.508. The van der Waals surface area contributed by atoms with Gasteiger partial charge in [0.25, 0.3) is 0 Å². The molecule has 2 unspecified atom stereocenters. The van der Waals surface area contributed by atoms with Crippen LogP contribution in [0.25, 0.3) is 0 Å². The van der Waals surface area contributed by atoms with Crippen LogP contribution in [-0.4, -0.2) is 60.0 Å². The molecule has 3 N–H and O–H groups in total. The van der Waals surface area contributed by atoms with Crippen LogP contribution in [-0.2, 0) is 19.8 Å². The highest BCUT2D eigenvalue weighted by Crippen LogP contribution is 2.28. The third-order valence-electron chi connectivity index (χ3n) is 5.98. The van der Waals surface area contributed by atoms with Crippen molar-refractivity contribution in [3.63, 3.8) is 0 Å². The smallest absolute Gasteiger partial charge is 0.331 e. The maximum absolute atomic E-state index is 13.4. The fourth-order valence-corrected chi connectivity index (χ4v) is 3.68. The van der Waals surface area contributed by atoms with Gasteiger partial charge in [-0.3, -0.25) is 9.59 Å². The number of rotatable bonds is 9. The molecular formula is C25H39N3O4. The first kappa shape index (κ1) is 27.4. The van der Waals surface area contributed by atoms with E-state index in [1.165, 1.54) is 17.9 Å². The van der Waals surface area contributed by atoms with E-state index in [2.05, 4.69) is 10.6 Å². The molecule has 7 nitrogen and oxygen atoms in total. The first-order chi connectivity index (χ1) is 14.6. The predicted molar refractivity (Wildman–Crippen MR) is 127 cm³/mol. The molecule has 0 aliphatic rings. The van der Waals surface area contributed by atoms with Crippen molar-refractivity contribution in [1.82, 2.24) is 15.5 Å². The molecule has 32 heavy (non-hydrogen) atoms. The summed E-state index contributed by atoms with van der Waals surface area (Å²) in [5, 5.41) is 15.2. The third-order valence-corrected chi connectivity index (χ3v) is 5.98. The lowest BCUT2D eigenvalue weighted by molar-refractivity contribution is -0.140. The number of aliphatic carboxylic acids is 1. The highest BCUT2D eigenvalue weighted by atomic mass is 16.4. The van der Waals surface area contributed by atoms with Crippen LogP contribution in [0.2, 0.25) is 0 Å². The predicted octanol–water partition coefficient (Wildman–Crippen LogP) is 2.96. The minimum Gasteiger partial charge on any atom is -0.478 e. The first-order valence-electron chi connectivity index (χ1n) is 10.9. The second-order valence-electron chi connectivity index (χ2n) is 9.96. The van der Waals surface area contributed by atoms with E-state index in [4.69, 9.17) is 5.11 Å². The Morgan fingerprint density at radius 1 is 1.03 bits per heavy atom. The number of nitrogens with one attached hydrogen (secondary N) is 2. The summed E-state index contributed by atoms with van der Waals surface area (Å²) >= 11 is 0. The normalized spacial score (nSPS) is 15.5. The van der Waals surface area contributed by atoms with Crippen molar-refractivity contribution in [3.05, 3.63) is 47.5 Å². The average molecular weight is 446 g/mol. The number of carboxylic acids is 1. The molecule has 0 aliphatic heterocycles. The van der Waals surface area contributed by atoms with Crippen molar-refractivity contribution in [2.45, 2.75) is 72.0 Å². The Kier molecular flexibility index (Phi) is 9.21. The lowest BCUT2D eigenvalue weighted by atomic mass is 9.76. The Hall–Kier alpha value is -2.67. The molecule has 2 amide bonds. The number of hydrogen-bond donors (Lipinski definition) is 3. The van der Waals surface area contributed by atoms with Crippen molar-refractivity contribution >= 4 is 17.8 Å². The number of amides is 2. The fraction of sp³-hybridized carbons (Fsp3) is 0.560. The summed E-state index contributed by atoms with van der Waals surface area (Å²) in [7, 11) is 3.35. The summed E-state index contributed by atoms with van der Waals surface area (Å²) < 4.78 is 0. The Bertz CT molecular complexity index is 840. The van der Waals surface area contributed by atoms with E-state index in [9.17, 15) is 14.4 Å². The second-order valence-corrected chi connectivity index (χ2v) is 9.96. The van der Waals surface area contributed by atoms with Crippen LogP contribution in [0, 0.1) is 5.41 Å². The second kappa shape index (κ2) is 10.8. The summed E-state index contributed by atoms with van der Waals surface area (Å²) in [5.41, 5.74) is 0.0922. The van der Waals surface area contributed by atoms with Gasteiger partial charge in [-0.05, 0) is 31.9 Å². The van der Waals surface area contributed by atoms with Gasteiger partial charge in [0.2, 0.25) is 11.8 Å². The van der Waals surface area contributed by atoms with Gasteiger partial charge in [-0.2, -0.15) is 0 Å².